The molecule has 1 aromatic rings. The molecule has 0 fully saturated rings. The molecule has 0 saturated carbocycles. The van der Waals surface area contributed by atoms with Crippen molar-refractivity contribution < 1.29 is 0 Å². The molecule has 18 heavy (non-hydrogen) atoms. The van der Waals surface area contributed by atoms with E-state index in [1.54, 1.807) is 0 Å². The molecule has 1 rings (SSSR count). The van der Waals surface area contributed by atoms with Crippen LogP contribution in [0.4, 0.5) is 0 Å². The minimum absolute atomic E-state index is 0.565. The van der Waals surface area contributed by atoms with Gasteiger partial charge in [-0.1, -0.05) is 45.0 Å². The van der Waals surface area contributed by atoms with E-state index in [1.807, 2.05) is 0 Å². The Kier molecular flexibility index (Phi) is 6.22. The summed E-state index contributed by atoms with van der Waals surface area (Å²) in [6.07, 6.45) is 1.05. The molecule has 0 bridgehead atoms. The normalized spacial score (nSPS) is 11.7. The third kappa shape index (κ3) is 4.75. The molecule has 100 valence electrons. The van der Waals surface area contributed by atoms with Crippen LogP contribution in [0.5, 0.6) is 0 Å². The lowest BCUT2D eigenvalue weighted by molar-refractivity contribution is 0.790. The number of guanidine groups is 1. The summed E-state index contributed by atoms with van der Waals surface area (Å²) in [6, 6.07) is 8.55. The lowest BCUT2D eigenvalue weighted by atomic mass is 10.0. The van der Waals surface area contributed by atoms with Crippen LogP contribution in [0.1, 0.15) is 44.2 Å². The number of hydrazine groups is 1. The first kappa shape index (κ1) is 14.5. The molecule has 1 aromatic carbocycles. The van der Waals surface area contributed by atoms with Crippen LogP contribution in [-0.2, 0) is 6.54 Å². The maximum Gasteiger partial charge on any atom is 0.206 e. The zero-order valence-electron chi connectivity index (χ0n) is 11.5. The summed E-state index contributed by atoms with van der Waals surface area (Å²) in [7, 11) is 0. The van der Waals surface area contributed by atoms with E-state index in [-0.39, 0.29) is 0 Å². The van der Waals surface area contributed by atoms with E-state index in [4.69, 9.17) is 5.84 Å². The van der Waals surface area contributed by atoms with Crippen LogP contribution in [0.2, 0.25) is 0 Å². The van der Waals surface area contributed by atoms with Gasteiger partial charge in [-0.05, 0) is 23.5 Å². The summed E-state index contributed by atoms with van der Waals surface area (Å²) in [5, 5.41) is 3.13. The van der Waals surface area contributed by atoms with Gasteiger partial charge in [0, 0.05) is 6.54 Å². The lowest BCUT2D eigenvalue weighted by Crippen LogP contribution is -2.41. The second-order valence-corrected chi connectivity index (χ2v) is 4.63. The highest BCUT2D eigenvalue weighted by atomic mass is 15.3. The van der Waals surface area contributed by atoms with E-state index in [9.17, 15) is 0 Å². The molecule has 0 aliphatic heterocycles. The highest BCUT2D eigenvalue weighted by molar-refractivity contribution is 5.79. The average Bonchev–Trinajstić information content (AvgIpc) is 2.39. The lowest BCUT2D eigenvalue weighted by Gasteiger charge is -2.08. The predicted molar refractivity (Wildman–Crippen MR) is 77.3 cm³/mol. The summed E-state index contributed by atoms with van der Waals surface area (Å²) < 4.78 is 0. The number of hydrogen-bond acceptors (Lipinski definition) is 2. The zero-order chi connectivity index (χ0) is 13.4. The minimum Gasteiger partial charge on any atom is -0.355 e. The van der Waals surface area contributed by atoms with Crippen molar-refractivity contribution in [2.75, 3.05) is 6.54 Å². The largest absolute Gasteiger partial charge is 0.355 e. The highest BCUT2D eigenvalue weighted by Gasteiger charge is 1.99. The van der Waals surface area contributed by atoms with Gasteiger partial charge in [-0.15, -0.1) is 0 Å². The van der Waals surface area contributed by atoms with Crippen molar-refractivity contribution >= 4 is 5.96 Å². The van der Waals surface area contributed by atoms with Crippen molar-refractivity contribution in [1.82, 2.24) is 10.7 Å². The Hall–Kier alpha value is -1.55. The third-order valence-electron chi connectivity index (χ3n) is 2.75. The number of nitrogens with zero attached hydrogens (tertiary/aromatic N) is 1. The Bertz CT molecular complexity index is 368. The summed E-state index contributed by atoms with van der Waals surface area (Å²) >= 11 is 0. The monoisotopic (exact) mass is 248 g/mol. The van der Waals surface area contributed by atoms with Crippen molar-refractivity contribution in [3.8, 4) is 0 Å². The molecule has 4 nitrogen and oxygen atoms in total. The van der Waals surface area contributed by atoms with Gasteiger partial charge in [-0.2, -0.15) is 0 Å². The second kappa shape index (κ2) is 7.71. The maximum atomic E-state index is 5.40. The highest BCUT2D eigenvalue weighted by Crippen LogP contribution is 2.14. The molecular weight excluding hydrogens is 224 g/mol. The van der Waals surface area contributed by atoms with Gasteiger partial charge < -0.3 is 5.32 Å². The Morgan fingerprint density at radius 1 is 1.28 bits per heavy atom. The number of benzene rings is 1. The topological polar surface area (TPSA) is 62.4 Å². The number of nitrogens with one attached hydrogen (secondary N) is 2. The third-order valence-corrected chi connectivity index (χ3v) is 2.75. The standard InChI is InChI=1S/C14H24N4/c1-4-9-16-14(18-15)17-10-12-5-7-13(8-6-12)11(2)3/h5-8,11H,4,9-10,15H2,1-3H3,(H2,16,17,18). The van der Waals surface area contributed by atoms with Crippen LogP contribution in [0.25, 0.3) is 0 Å². The molecule has 0 amide bonds. The fraction of sp³-hybridized carbons (Fsp3) is 0.500. The van der Waals surface area contributed by atoms with E-state index in [2.05, 4.69) is 60.8 Å². The Morgan fingerprint density at radius 2 is 1.94 bits per heavy atom. The Labute approximate surface area is 110 Å². The zero-order valence-corrected chi connectivity index (χ0v) is 11.5. The van der Waals surface area contributed by atoms with Crippen molar-refractivity contribution in [1.29, 1.82) is 0 Å². The van der Waals surface area contributed by atoms with Gasteiger partial charge in [0.15, 0.2) is 0 Å². The van der Waals surface area contributed by atoms with Gasteiger partial charge in [0.25, 0.3) is 0 Å². The molecule has 0 unspecified atom stereocenters. The van der Waals surface area contributed by atoms with Crippen molar-refractivity contribution in [3.05, 3.63) is 35.4 Å². The second-order valence-electron chi connectivity index (χ2n) is 4.63. The average molecular weight is 248 g/mol. The molecule has 4 heteroatoms. The summed E-state index contributed by atoms with van der Waals surface area (Å²) in [5.41, 5.74) is 5.11. The molecule has 0 atom stereocenters. The van der Waals surface area contributed by atoms with Gasteiger partial charge in [0.05, 0.1) is 6.54 Å². The van der Waals surface area contributed by atoms with Crippen LogP contribution in [0.15, 0.2) is 29.3 Å². The van der Waals surface area contributed by atoms with Crippen molar-refractivity contribution in [2.24, 2.45) is 10.8 Å². The van der Waals surface area contributed by atoms with Gasteiger partial charge in [0.1, 0.15) is 0 Å². The number of nitrogens with two attached hydrogens (primary N) is 1. The first-order valence-corrected chi connectivity index (χ1v) is 6.51. The molecule has 0 heterocycles. The van der Waals surface area contributed by atoms with E-state index in [0.29, 0.717) is 18.4 Å². The first-order valence-electron chi connectivity index (χ1n) is 6.51. The molecule has 0 saturated heterocycles. The van der Waals surface area contributed by atoms with E-state index in [1.165, 1.54) is 11.1 Å². The Balaban J connectivity index is 2.58. The molecule has 0 spiro atoms. The van der Waals surface area contributed by atoms with Crippen LogP contribution in [0, 0.1) is 0 Å². The molecule has 0 aliphatic rings. The number of hydrogen-bond donors (Lipinski definition) is 3. The van der Waals surface area contributed by atoms with Gasteiger partial charge >= 0.3 is 0 Å². The van der Waals surface area contributed by atoms with Gasteiger partial charge in [0.2, 0.25) is 5.96 Å². The smallest absolute Gasteiger partial charge is 0.206 e. The fourth-order valence-corrected chi connectivity index (χ4v) is 1.57. The van der Waals surface area contributed by atoms with Crippen molar-refractivity contribution in [3.63, 3.8) is 0 Å². The predicted octanol–water partition coefficient (Wildman–Crippen LogP) is 2.13. The van der Waals surface area contributed by atoms with E-state index >= 15 is 0 Å². The van der Waals surface area contributed by atoms with Crippen LogP contribution < -0.4 is 16.6 Å². The van der Waals surface area contributed by atoms with Crippen LogP contribution >= 0.6 is 0 Å². The molecule has 0 radical (unpaired) electrons. The molecular formula is C14H24N4. The quantitative estimate of drug-likeness (QED) is 0.324. The van der Waals surface area contributed by atoms with Crippen LogP contribution in [0.3, 0.4) is 0 Å². The SMILES string of the molecule is CCCNC(=NCc1ccc(C(C)C)cc1)NN. The van der Waals surface area contributed by atoms with Crippen molar-refractivity contribution in [2.45, 2.75) is 39.7 Å². The molecule has 0 aromatic heterocycles. The summed E-state index contributed by atoms with van der Waals surface area (Å²) in [4.78, 5) is 4.39. The number of rotatable bonds is 5. The maximum absolute atomic E-state index is 5.40. The molecule has 4 N–H and O–H groups in total. The fourth-order valence-electron chi connectivity index (χ4n) is 1.57. The van der Waals surface area contributed by atoms with Gasteiger partial charge in [-0.25, -0.2) is 10.8 Å². The number of aliphatic imine (C=N–C) groups is 1. The Morgan fingerprint density at radius 3 is 2.44 bits per heavy atom. The van der Waals surface area contributed by atoms with Crippen LogP contribution in [-0.4, -0.2) is 12.5 Å². The summed E-state index contributed by atoms with van der Waals surface area (Å²) in [6.45, 7) is 7.99. The van der Waals surface area contributed by atoms with E-state index in [0.717, 1.165) is 13.0 Å². The molecule has 0 aliphatic carbocycles. The minimum atomic E-state index is 0.565. The first-order chi connectivity index (χ1) is 8.67. The van der Waals surface area contributed by atoms with Gasteiger partial charge in [-0.3, -0.25) is 5.43 Å². The summed E-state index contributed by atoms with van der Waals surface area (Å²) in [5.74, 6) is 6.61. The van der Waals surface area contributed by atoms with E-state index < -0.39 is 0 Å².